The number of nitrogen functional groups attached to an aromatic ring is 1. The summed E-state index contributed by atoms with van der Waals surface area (Å²) in [5, 5.41) is 9.63. The molecule has 0 atom stereocenters. The van der Waals surface area contributed by atoms with Crippen molar-refractivity contribution in [2.45, 2.75) is 6.92 Å². The minimum absolute atomic E-state index is 0.692. The molecule has 0 unspecified atom stereocenters. The maximum Gasteiger partial charge on any atom is 0.166 e. The Bertz CT molecular complexity index is 424. The number of hydrogen-bond donors (Lipinski definition) is 1. The third kappa shape index (κ3) is 1.65. The van der Waals surface area contributed by atoms with E-state index in [1.165, 1.54) is 11.3 Å². The molecule has 2 aromatic heterocycles. The van der Waals surface area contributed by atoms with Crippen molar-refractivity contribution in [1.82, 2.24) is 15.2 Å². The van der Waals surface area contributed by atoms with Crippen molar-refractivity contribution in [2.24, 2.45) is 0 Å². The van der Waals surface area contributed by atoms with Gasteiger partial charge in [0.25, 0.3) is 0 Å². The van der Waals surface area contributed by atoms with Gasteiger partial charge in [-0.25, -0.2) is 0 Å². The molecule has 0 saturated heterocycles. The standard InChI is InChI=1S/C8H8N4S/c1-5-11-12-8(13-5)7-4-6(9)2-3-10-7/h2-4H,1H3,(H2,9,10). The summed E-state index contributed by atoms with van der Waals surface area (Å²) in [6.45, 7) is 1.91. The van der Waals surface area contributed by atoms with Gasteiger partial charge in [-0.1, -0.05) is 11.3 Å². The van der Waals surface area contributed by atoms with E-state index in [-0.39, 0.29) is 0 Å². The molecule has 2 rings (SSSR count). The normalized spacial score (nSPS) is 10.2. The van der Waals surface area contributed by atoms with Crippen LogP contribution in [0.3, 0.4) is 0 Å². The Kier molecular flexibility index (Phi) is 1.94. The predicted molar refractivity (Wildman–Crippen MR) is 52.3 cm³/mol. The van der Waals surface area contributed by atoms with Crippen LogP contribution >= 0.6 is 11.3 Å². The summed E-state index contributed by atoms with van der Waals surface area (Å²) in [5.41, 5.74) is 7.09. The number of nitrogens with two attached hydrogens (primary N) is 1. The zero-order chi connectivity index (χ0) is 9.26. The van der Waals surface area contributed by atoms with E-state index in [2.05, 4.69) is 15.2 Å². The molecule has 2 N–H and O–H groups in total. The van der Waals surface area contributed by atoms with Gasteiger partial charge < -0.3 is 5.73 Å². The minimum atomic E-state index is 0.692. The first-order chi connectivity index (χ1) is 6.25. The largest absolute Gasteiger partial charge is 0.399 e. The highest BCUT2D eigenvalue weighted by Gasteiger charge is 2.04. The van der Waals surface area contributed by atoms with Gasteiger partial charge in [0.2, 0.25) is 0 Å². The Morgan fingerprint density at radius 2 is 2.23 bits per heavy atom. The summed E-state index contributed by atoms with van der Waals surface area (Å²) in [5.74, 6) is 0. The fourth-order valence-corrected chi connectivity index (χ4v) is 1.62. The summed E-state index contributed by atoms with van der Waals surface area (Å²) in [6, 6.07) is 3.54. The average Bonchev–Trinajstić information content (AvgIpc) is 2.52. The van der Waals surface area contributed by atoms with Gasteiger partial charge in [-0.3, -0.25) is 4.98 Å². The fraction of sp³-hybridized carbons (Fsp3) is 0.125. The molecular formula is C8H8N4S. The van der Waals surface area contributed by atoms with E-state index in [0.717, 1.165) is 15.7 Å². The Hall–Kier alpha value is -1.49. The lowest BCUT2D eigenvalue weighted by molar-refractivity contribution is 1.05. The Morgan fingerprint density at radius 3 is 2.85 bits per heavy atom. The molecule has 0 amide bonds. The summed E-state index contributed by atoms with van der Waals surface area (Å²) in [7, 11) is 0. The molecule has 5 heteroatoms. The number of hydrogen-bond acceptors (Lipinski definition) is 5. The van der Waals surface area contributed by atoms with E-state index in [1.807, 2.05) is 6.92 Å². The molecule has 0 aliphatic rings. The molecule has 0 radical (unpaired) electrons. The Balaban J connectivity index is 2.46. The molecule has 2 aromatic rings. The van der Waals surface area contributed by atoms with E-state index >= 15 is 0 Å². The molecule has 13 heavy (non-hydrogen) atoms. The lowest BCUT2D eigenvalue weighted by atomic mass is 10.3. The van der Waals surface area contributed by atoms with Crippen LogP contribution < -0.4 is 5.73 Å². The predicted octanol–water partition coefficient (Wildman–Crippen LogP) is 1.49. The van der Waals surface area contributed by atoms with Gasteiger partial charge in [-0.15, -0.1) is 10.2 Å². The zero-order valence-electron chi connectivity index (χ0n) is 7.06. The van der Waals surface area contributed by atoms with Crippen LogP contribution in [0.25, 0.3) is 10.7 Å². The second-order valence-corrected chi connectivity index (χ2v) is 3.78. The van der Waals surface area contributed by atoms with Crippen molar-refractivity contribution >= 4 is 17.0 Å². The number of rotatable bonds is 1. The number of aryl methyl sites for hydroxylation is 1. The van der Waals surface area contributed by atoms with Gasteiger partial charge in [0, 0.05) is 11.9 Å². The number of aromatic nitrogens is 3. The Morgan fingerprint density at radius 1 is 1.38 bits per heavy atom. The molecule has 0 fully saturated rings. The van der Waals surface area contributed by atoms with Crippen LogP contribution in [0.5, 0.6) is 0 Å². The van der Waals surface area contributed by atoms with Crippen LogP contribution in [0.1, 0.15) is 5.01 Å². The molecule has 0 spiro atoms. The van der Waals surface area contributed by atoms with Gasteiger partial charge in [0.05, 0.1) is 0 Å². The van der Waals surface area contributed by atoms with Gasteiger partial charge >= 0.3 is 0 Å². The first-order valence-corrected chi connectivity index (χ1v) is 4.59. The topological polar surface area (TPSA) is 64.7 Å². The molecular weight excluding hydrogens is 184 g/mol. The van der Waals surface area contributed by atoms with E-state index in [0.29, 0.717) is 5.69 Å². The summed E-state index contributed by atoms with van der Waals surface area (Å²) >= 11 is 1.51. The second kappa shape index (κ2) is 3.10. The third-order valence-electron chi connectivity index (χ3n) is 1.53. The van der Waals surface area contributed by atoms with Crippen LogP contribution in [-0.2, 0) is 0 Å². The highest BCUT2D eigenvalue weighted by molar-refractivity contribution is 7.14. The van der Waals surface area contributed by atoms with Crippen molar-refractivity contribution in [3.05, 3.63) is 23.3 Å². The third-order valence-corrected chi connectivity index (χ3v) is 2.39. The van der Waals surface area contributed by atoms with Gasteiger partial charge in [0.1, 0.15) is 10.7 Å². The molecule has 0 aliphatic carbocycles. The minimum Gasteiger partial charge on any atom is -0.399 e. The molecule has 4 nitrogen and oxygen atoms in total. The van der Waals surface area contributed by atoms with Crippen LogP contribution in [0, 0.1) is 6.92 Å². The van der Waals surface area contributed by atoms with Crippen LogP contribution in [0.2, 0.25) is 0 Å². The highest BCUT2D eigenvalue weighted by Crippen LogP contribution is 2.21. The first kappa shape index (κ1) is 8.12. The SMILES string of the molecule is Cc1nnc(-c2cc(N)ccn2)s1. The molecule has 2 heterocycles. The zero-order valence-corrected chi connectivity index (χ0v) is 7.88. The van der Waals surface area contributed by atoms with E-state index in [1.54, 1.807) is 18.3 Å². The average molecular weight is 192 g/mol. The molecule has 0 aliphatic heterocycles. The van der Waals surface area contributed by atoms with Crippen molar-refractivity contribution < 1.29 is 0 Å². The molecule has 0 aromatic carbocycles. The molecule has 0 saturated carbocycles. The maximum absolute atomic E-state index is 5.62. The number of nitrogens with zero attached hydrogens (tertiary/aromatic N) is 3. The van der Waals surface area contributed by atoms with Crippen LogP contribution in [0.15, 0.2) is 18.3 Å². The quantitative estimate of drug-likeness (QED) is 0.743. The summed E-state index contributed by atoms with van der Waals surface area (Å²) < 4.78 is 0. The maximum atomic E-state index is 5.62. The Labute approximate surface area is 79.5 Å². The van der Waals surface area contributed by atoms with Gasteiger partial charge in [0.15, 0.2) is 5.01 Å². The van der Waals surface area contributed by atoms with Crippen molar-refractivity contribution in [2.75, 3.05) is 5.73 Å². The fourth-order valence-electron chi connectivity index (χ4n) is 0.964. The number of pyridine rings is 1. The number of anilines is 1. The van der Waals surface area contributed by atoms with Crippen LogP contribution in [-0.4, -0.2) is 15.2 Å². The first-order valence-electron chi connectivity index (χ1n) is 3.78. The van der Waals surface area contributed by atoms with E-state index < -0.39 is 0 Å². The second-order valence-electron chi connectivity index (χ2n) is 2.60. The highest BCUT2D eigenvalue weighted by atomic mass is 32.1. The lowest BCUT2D eigenvalue weighted by Gasteiger charge is -1.94. The summed E-state index contributed by atoms with van der Waals surface area (Å²) in [6.07, 6.45) is 1.67. The lowest BCUT2D eigenvalue weighted by Crippen LogP contribution is -1.87. The van der Waals surface area contributed by atoms with Crippen LogP contribution in [0.4, 0.5) is 5.69 Å². The van der Waals surface area contributed by atoms with E-state index in [9.17, 15) is 0 Å². The van der Waals surface area contributed by atoms with Crippen molar-refractivity contribution in [3.8, 4) is 10.7 Å². The smallest absolute Gasteiger partial charge is 0.166 e. The molecule has 66 valence electrons. The van der Waals surface area contributed by atoms with Gasteiger partial charge in [-0.05, 0) is 19.1 Å². The van der Waals surface area contributed by atoms with Crippen molar-refractivity contribution in [3.63, 3.8) is 0 Å². The molecule has 0 bridgehead atoms. The monoisotopic (exact) mass is 192 g/mol. The van der Waals surface area contributed by atoms with E-state index in [4.69, 9.17) is 5.73 Å². The van der Waals surface area contributed by atoms with Gasteiger partial charge in [-0.2, -0.15) is 0 Å². The van der Waals surface area contributed by atoms with Crippen molar-refractivity contribution in [1.29, 1.82) is 0 Å². The summed E-state index contributed by atoms with van der Waals surface area (Å²) in [4.78, 5) is 4.15.